The van der Waals surface area contributed by atoms with Crippen molar-refractivity contribution in [3.05, 3.63) is 18.5 Å². The standard InChI is InChI=1S/C18H29N5O/c24-18(3-1-7-23-8-2-6-19-23)22-13-11-21(12-14-22)17-15-20-9-4-16(17)5-10-20/h2,6,8,16-17H,1,3-5,7,9-15H2/t17-/m0/s1. The maximum atomic E-state index is 12.4. The molecule has 0 N–H and O–H groups in total. The molecule has 0 unspecified atom stereocenters. The first kappa shape index (κ1) is 16.1. The van der Waals surface area contributed by atoms with Gasteiger partial charge in [-0.3, -0.25) is 14.4 Å². The van der Waals surface area contributed by atoms with Crippen LogP contribution < -0.4 is 0 Å². The van der Waals surface area contributed by atoms with Crippen LogP contribution in [0.25, 0.3) is 0 Å². The summed E-state index contributed by atoms with van der Waals surface area (Å²) in [6.07, 6.45) is 8.00. The molecule has 132 valence electrons. The Hall–Kier alpha value is -1.40. The van der Waals surface area contributed by atoms with Crippen LogP contribution in [-0.4, -0.2) is 82.2 Å². The van der Waals surface area contributed by atoms with Crippen LogP contribution in [0.5, 0.6) is 0 Å². The molecule has 4 aliphatic rings. The van der Waals surface area contributed by atoms with Gasteiger partial charge in [0.2, 0.25) is 5.91 Å². The van der Waals surface area contributed by atoms with Gasteiger partial charge in [0.15, 0.2) is 0 Å². The number of carbonyl (C=O) groups is 1. The van der Waals surface area contributed by atoms with Gasteiger partial charge in [0.05, 0.1) is 0 Å². The quantitative estimate of drug-likeness (QED) is 0.804. The fraction of sp³-hybridized carbons (Fsp3) is 0.778. The summed E-state index contributed by atoms with van der Waals surface area (Å²) in [5.74, 6) is 1.21. The number of piperidine rings is 3. The molecule has 5 rings (SSSR count). The molecule has 4 fully saturated rings. The monoisotopic (exact) mass is 331 g/mol. The van der Waals surface area contributed by atoms with Crippen LogP contribution in [-0.2, 0) is 11.3 Å². The summed E-state index contributed by atoms with van der Waals surface area (Å²) < 4.78 is 1.90. The van der Waals surface area contributed by atoms with Gasteiger partial charge in [-0.2, -0.15) is 5.10 Å². The van der Waals surface area contributed by atoms with Gasteiger partial charge >= 0.3 is 0 Å². The Bertz CT molecular complexity index is 530. The number of aryl methyl sites for hydroxylation is 1. The number of amides is 1. The summed E-state index contributed by atoms with van der Waals surface area (Å²) in [4.78, 5) is 19.8. The molecule has 0 spiro atoms. The van der Waals surface area contributed by atoms with Crippen molar-refractivity contribution in [1.29, 1.82) is 0 Å². The lowest BCUT2D eigenvalue weighted by molar-refractivity contribution is -0.134. The molecule has 0 aliphatic carbocycles. The highest BCUT2D eigenvalue weighted by Gasteiger charge is 2.38. The Morgan fingerprint density at radius 1 is 1.08 bits per heavy atom. The topological polar surface area (TPSA) is 44.6 Å². The van der Waals surface area contributed by atoms with Crippen LogP contribution in [0.15, 0.2) is 18.5 Å². The van der Waals surface area contributed by atoms with Crippen LogP contribution in [0.2, 0.25) is 0 Å². The largest absolute Gasteiger partial charge is 0.340 e. The van der Waals surface area contributed by atoms with Crippen molar-refractivity contribution in [3.8, 4) is 0 Å². The lowest BCUT2D eigenvalue weighted by atomic mass is 9.83. The number of fused-ring (bicyclic) bond motifs is 3. The summed E-state index contributed by atoms with van der Waals surface area (Å²) in [6, 6.07) is 2.67. The molecule has 0 radical (unpaired) electrons. The van der Waals surface area contributed by atoms with Crippen molar-refractivity contribution in [2.24, 2.45) is 5.92 Å². The minimum absolute atomic E-state index is 0.315. The van der Waals surface area contributed by atoms with E-state index in [0.717, 1.165) is 51.1 Å². The maximum absolute atomic E-state index is 12.4. The number of piperazine rings is 1. The molecule has 6 nitrogen and oxygen atoms in total. The number of hydrogen-bond acceptors (Lipinski definition) is 4. The second-order valence-corrected chi connectivity index (χ2v) is 7.49. The van der Waals surface area contributed by atoms with Crippen molar-refractivity contribution in [3.63, 3.8) is 0 Å². The summed E-state index contributed by atoms with van der Waals surface area (Å²) in [5, 5.41) is 4.19. The van der Waals surface area contributed by atoms with E-state index in [9.17, 15) is 4.79 Å². The van der Waals surface area contributed by atoms with Crippen molar-refractivity contribution in [1.82, 2.24) is 24.5 Å². The smallest absolute Gasteiger partial charge is 0.222 e. The minimum Gasteiger partial charge on any atom is -0.340 e. The first-order valence-corrected chi connectivity index (χ1v) is 9.51. The van der Waals surface area contributed by atoms with E-state index in [2.05, 4.69) is 19.8 Å². The van der Waals surface area contributed by atoms with Crippen LogP contribution in [0, 0.1) is 5.92 Å². The second-order valence-electron chi connectivity index (χ2n) is 7.49. The van der Waals surface area contributed by atoms with Gasteiger partial charge in [-0.25, -0.2) is 0 Å². The van der Waals surface area contributed by atoms with E-state index in [4.69, 9.17) is 0 Å². The number of carbonyl (C=O) groups excluding carboxylic acids is 1. The summed E-state index contributed by atoms with van der Waals surface area (Å²) >= 11 is 0. The zero-order chi connectivity index (χ0) is 16.4. The summed E-state index contributed by atoms with van der Waals surface area (Å²) in [7, 11) is 0. The van der Waals surface area contributed by atoms with E-state index in [1.807, 2.05) is 16.9 Å². The predicted molar refractivity (Wildman–Crippen MR) is 92.6 cm³/mol. The molecule has 0 aromatic carbocycles. The van der Waals surface area contributed by atoms with E-state index >= 15 is 0 Å². The molecule has 1 aromatic heterocycles. The average Bonchev–Trinajstić information content (AvgIpc) is 3.16. The van der Waals surface area contributed by atoms with Crippen LogP contribution in [0.3, 0.4) is 0 Å². The van der Waals surface area contributed by atoms with E-state index in [-0.39, 0.29) is 0 Å². The lowest BCUT2D eigenvalue weighted by Crippen LogP contribution is -2.61. The number of hydrogen-bond donors (Lipinski definition) is 0. The highest BCUT2D eigenvalue weighted by Crippen LogP contribution is 2.31. The first-order chi connectivity index (χ1) is 11.8. The van der Waals surface area contributed by atoms with E-state index in [1.165, 1.54) is 32.5 Å². The molecule has 5 heterocycles. The Balaban J connectivity index is 1.20. The number of nitrogens with zero attached hydrogens (tertiary/aromatic N) is 5. The van der Waals surface area contributed by atoms with Crippen molar-refractivity contribution in [2.75, 3.05) is 45.8 Å². The molecule has 1 atom stereocenters. The highest BCUT2D eigenvalue weighted by atomic mass is 16.2. The van der Waals surface area contributed by atoms with Gasteiger partial charge in [-0.1, -0.05) is 0 Å². The third kappa shape index (κ3) is 3.49. The Kier molecular flexibility index (Phi) is 4.85. The molecule has 2 bridgehead atoms. The van der Waals surface area contributed by atoms with Gasteiger partial charge in [0, 0.05) is 64.1 Å². The van der Waals surface area contributed by atoms with Gasteiger partial charge in [-0.05, 0) is 44.3 Å². The molecule has 4 saturated heterocycles. The van der Waals surface area contributed by atoms with Crippen LogP contribution >= 0.6 is 0 Å². The maximum Gasteiger partial charge on any atom is 0.222 e. The van der Waals surface area contributed by atoms with Gasteiger partial charge in [0.25, 0.3) is 0 Å². The summed E-state index contributed by atoms with van der Waals surface area (Å²) in [6.45, 7) is 8.61. The predicted octanol–water partition coefficient (Wildman–Crippen LogP) is 0.902. The molecule has 24 heavy (non-hydrogen) atoms. The van der Waals surface area contributed by atoms with Crippen molar-refractivity contribution < 1.29 is 4.79 Å². The Labute approximate surface area is 144 Å². The molecule has 0 saturated carbocycles. The first-order valence-electron chi connectivity index (χ1n) is 9.51. The molecular formula is C18H29N5O. The number of aromatic nitrogens is 2. The van der Waals surface area contributed by atoms with E-state index < -0.39 is 0 Å². The SMILES string of the molecule is O=C(CCCn1cccn1)N1CCN([C@H]2CN3CCC2CC3)CC1. The third-order valence-corrected chi connectivity index (χ3v) is 6.09. The van der Waals surface area contributed by atoms with Crippen LogP contribution in [0.4, 0.5) is 0 Å². The molecule has 4 aliphatic heterocycles. The highest BCUT2D eigenvalue weighted by molar-refractivity contribution is 5.76. The third-order valence-electron chi connectivity index (χ3n) is 6.09. The normalized spacial score (nSPS) is 30.7. The molecule has 1 amide bonds. The zero-order valence-electron chi connectivity index (χ0n) is 14.5. The van der Waals surface area contributed by atoms with Gasteiger partial charge < -0.3 is 9.80 Å². The summed E-state index contributed by atoms with van der Waals surface area (Å²) in [5.41, 5.74) is 0. The van der Waals surface area contributed by atoms with E-state index in [0.29, 0.717) is 12.3 Å². The van der Waals surface area contributed by atoms with Crippen molar-refractivity contribution >= 4 is 5.91 Å². The average molecular weight is 331 g/mol. The Morgan fingerprint density at radius 3 is 2.50 bits per heavy atom. The molecule has 6 heteroatoms. The number of rotatable bonds is 5. The van der Waals surface area contributed by atoms with Crippen LogP contribution in [0.1, 0.15) is 25.7 Å². The zero-order valence-corrected chi connectivity index (χ0v) is 14.5. The van der Waals surface area contributed by atoms with E-state index in [1.54, 1.807) is 6.20 Å². The van der Waals surface area contributed by atoms with Gasteiger partial charge in [0.1, 0.15) is 0 Å². The van der Waals surface area contributed by atoms with Crippen molar-refractivity contribution in [2.45, 2.75) is 38.3 Å². The molecule has 1 aromatic rings. The Morgan fingerprint density at radius 2 is 1.88 bits per heavy atom. The minimum atomic E-state index is 0.315. The molecular weight excluding hydrogens is 302 g/mol. The fourth-order valence-corrected chi connectivity index (χ4v) is 4.63. The second kappa shape index (κ2) is 7.23. The van der Waals surface area contributed by atoms with Gasteiger partial charge in [-0.15, -0.1) is 0 Å². The lowest BCUT2D eigenvalue weighted by Gasteiger charge is -2.51. The fourth-order valence-electron chi connectivity index (χ4n) is 4.63.